The number of hydrogen-bond acceptors (Lipinski definition) is 0. The summed E-state index contributed by atoms with van der Waals surface area (Å²) in [6.07, 6.45) is 3.84. The Morgan fingerprint density at radius 3 is 1.86 bits per heavy atom. The van der Waals surface area contributed by atoms with Crippen LogP contribution in [0.25, 0.3) is 0 Å². The highest BCUT2D eigenvalue weighted by molar-refractivity contribution is 5.31. The fourth-order valence-corrected chi connectivity index (χ4v) is 2.71. The lowest BCUT2D eigenvalue weighted by Gasteiger charge is -2.27. The van der Waals surface area contributed by atoms with Gasteiger partial charge in [-0.25, -0.2) is 6.72 Å². The molecule has 108 valence electrons. The van der Waals surface area contributed by atoms with Crippen molar-refractivity contribution in [3.63, 3.8) is 0 Å². The molecule has 0 unspecified atom stereocenters. The minimum atomic E-state index is 0.0669. The zero-order valence-electron chi connectivity index (χ0n) is 12.7. The van der Waals surface area contributed by atoms with Crippen LogP contribution in [0, 0.1) is 0 Å². The molecule has 1 heteroatoms. The third kappa shape index (κ3) is 3.69. The standard InChI is InChI=1S/C20H23N/c1-4-12-19(5-2)21(3)20(17-13-8-6-9-14-17)18-15-10-7-11-16-18/h3-4,6-11,13-16,19-20H,1,5,12H2,2H3/t19-/m1/s1. The Hall–Kier alpha value is -2.15. The Kier molecular flexibility index (Phi) is 5.51. The molecule has 0 spiro atoms. The van der Waals surface area contributed by atoms with Crippen LogP contribution in [0.3, 0.4) is 0 Å². The van der Waals surface area contributed by atoms with Crippen LogP contribution >= 0.6 is 0 Å². The first kappa shape index (κ1) is 15.2. The van der Waals surface area contributed by atoms with E-state index in [1.165, 1.54) is 11.1 Å². The van der Waals surface area contributed by atoms with Crippen molar-refractivity contribution in [3.8, 4) is 0 Å². The van der Waals surface area contributed by atoms with Gasteiger partial charge in [0.2, 0.25) is 0 Å². The lowest BCUT2D eigenvalue weighted by Crippen LogP contribution is -2.29. The van der Waals surface area contributed by atoms with E-state index < -0.39 is 0 Å². The topological polar surface area (TPSA) is 3.01 Å². The van der Waals surface area contributed by atoms with Gasteiger partial charge in [-0.2, -0.15) is 0 Å². The molecule has 0 amide bonds. The first-order valence-electron chi connectivity index (χ1n) is 7.51. The van der Waals surface area contributed by atoms with Gasteiger partial charge in [-0.15, -0.1) is 6.58 Å². The Morgan fingerprint density at radius 1 is 1.00 bits per heavy atom. The molecule has 0 bridgehead atoms. The van der Waals surface area contributed by atoms with E-state index in [-0.39, 0.29) is 12.1 Å². The second-order valence-corrected chi connectivity index (χ2v) is 5.26. The maximum absolute atomic E-state index is 6.51. The first-order chi connectivity index (χ1) is 10.3. The third-order valence-electron chi connectivity index (χ3n) is 3.86. The van der Waals surface area contributed by atoms with Crippen molar-refractivity contribution in [3.05, 3.63) is 84.4 Å². The van der Waals surface area contributed by atoms with Gasteiger partial charge in [0.05, 0.1) is 0 Å². The Labute approximate surface area is 128 Å². The molecule has 1 atom stereocenters. The Balaban J connectivity index is 2.41. The molecular weight excluding hydrogens is 254 g/mol. The third-order valence-corrected chi connectivity index (χ3v) is 3.86. The molecular formula is C20H23N. The van der Waals surface area contributed by atoms with E-state index in [9.17, 15) is 0 Å². The van der Waals surface area contributed by atoms with E-state index in [2.05, 4.69) is 62.0 Å². The van der Waals surface area contributed by atoms with Gasteiger partial charge >= 0.3 is 0 Å². The van der Waals surface area contributed by atoms with Crippen LogP contribution in [-0.4, -0.2) is 17.3 Å². The summed E-state index contributed by atoms with van der Waals surface area (Å²) < 4.78 is 1.98. The van der Waals surface area contributed by atoms with Crippen molar-refractivity contribution in [2.24, 2.45) is 0 Å². The molecule has 2 aromatic rings. The van der Waals surface area contributed by atoms with Crippen LogP contribution in [0.4, 0.5) is 0 Å². The van der Waals surface area contributed by atoms with Gasteiger partial charge in [-0.05, 0) is 0 Å². The zero-order chi connectivity index (χ0) is 15.1. The van der Waals surface area contributed by atoms with E-state index in [0.29, 0.717) is 0 Å². The summed E-state index contributed by atoms with van der Waals surface area (Å²) in [7, 11) is 0. The van der Waals surface area contributed by atoms with Gasteiger partial charge in [0.1, 0.15) is 6.04 Å². The summed E-state index contributed by atoms with van der Waals surface area (Å²) in [5.41, 5.74) is 2.43. The Morgan fingerprint density at radius 2 is 1.48 bits per heavy atom. The average molecular weight is 277 g/mol. The minimum absolute atomic E-state index is 0.0669. The largest absolute Gasteiger partial charge is 0.403 e. The fraction of sp³-hybridized carbons (Fsp3) is 0.250. The highest BCUT2D eigenvalue weighted by Gasteiger charge is 2.24. The van der Waals surface area contributed by atoms with Crippen LogP contribution in [0.5, 0.6) is 0 Å². The molecule has 2 aromatic carbocycles. The monoisotopic (exact) mass is 277 g/mol. The predicted molar refractivity (Wildman–Crippen MR) is 89.9 cm³/mol. The van der Waals surface area contributed by atoms with Crippen LogP contribution in [0.1, 0.15) is 36.9 Å². The maximum atomic E-state index is 6.51. The van der Waals surface area contributed by atoms with Gasteiger partial charge < -0.3 is 4.58 Å². The molecule has 21 heavy (non-hydrogen) atoms. The van der Waals surface area contributed by atoms with Crippen LogP contribution in [0.2, 0.25) is 0 Å². The Bertz CT molecular complexity index is 532. The van der Waals surface area contributed by atoms with E-state index in [4.69, 9.17) is 6.72 Å². The molecule has 0 heterocycles. The summed E-state index contributed by atoms with van der Waals surface area (Å²) in [6.45, 7) is 12.5. The number of rotatable bonds is 7. The molecule has 0 aliphatic carbocycles. The minimum Gasteiger partial charge on any atom is -0.403 e. The zero-order valence-corrected chi connectivity index (χ0v) is 12.7. The van der Waals surface area contributed by atoms with Crippen LogP contribution < -0.4 is 0 Å². The average Bonchev–Trinajstić information content (AvgIpc) is 2.55. The molecule has 0 aliphatic rings. The van der Waals surface area contributed by atoms with E-state index in [0.717, 1.165) is 12.8 Å². The molecule has 0 fully saturated rings. The van der Waals surface area contributed by atoms with Crippen LogP contribution in [0.15, 0.2) is 73.3 Å². The molecule has 1 nitrogen and oxygen atoms in total. The van der Waals surface area contributed by atoms with Gasteiger partial charge in [0.25, 0.3) is 0 Å². The number of nitrogens with zero attached hydrogens (tertiary/aromatic N) is 1. The quantitative estimate of drug-likeness (QED) is 0.298. The highest BCUT2D eigenvalue weighted by Crippen LogP contribution is 2.27. The molecule has 0 aromatic heterocycles. The summed E-state index contributed by atoms with van der Waals surface area (Å²) in [5.74, 6) is 0. The summed E-state index contributed by atoms with van der Waals surface area (Å²) in [4.78, 5) is 0. The SMILES string of the molecule is [CH-]=[N+](C(c1ccccc1)c1ccccc1)[C@H](CC)CC=C. The summed E-state index contributed by atoms with van der Waals surface area (Å²) in [5, 5.41) is 0. The maximum Gasteiger partial charge on any atom is 0.173 e. The highest BCUT2D eigenvalue weighted by atomic mass is 15.1. The van der Waals surface area contributed by atoms with Crippen molar-refractivity contribution in [1.82, 2.24) is 0 Å². The van der Waals surface area contributed by atoms with Gasteiger partial charge in [0.15, 0.2) is 6.04 Å². The van der Waals surface area contributed by atoms with Crippen molar-refractivity contribution in [1.29, 1.82) is 0 Å². The smallest absolute Gasteiger partial charge is 0.173 e. The summed E-state index contributed by atoms with van der Waals surface area (Å²) in [6, 6.07) is 21.2. The molecule has 2 rings (SSSR count). The van der Waals surface area contributed by atoms with Gasteiger partial charge in [0, 0.05) is 24.0 Å². The second kappa shape index (κ2) is 7.58. The van der Waals surface area contributed by atoms with Crippen LogP contribution in [-0.2, 0) is 0 Å². The molecule has 0 aliphatic heterocycles. The van der Waals surface area contributed by atoms with Gasteiger partial charge in [-0.1, -0.05) is 73.7 Å². The molecule has 0 radical (unpaired) electrons. The van der Waals surface area contributed by atoms with Crippen molar-refractivity contribution >= 4 is 6.72 Å². The van der Waals surface area contributed by atoms with E-state index in [1.807, 2.05) is 22.8 Å². The van der Waals surface area contributed by atoms with Crippen molar-refractivity contribution < 1.29 is 4.58 Å². The number of benzene rings is 2. The van der Waals surface area contributed by atoms with Crippen molar-refractivity contribution in [2.75, 3.05) is 0 Å². The fourth-order valence-electron chi connectivity index (χ4n) is 2.71. The second-order valence-electron chi connectivity index (χ2n) is 5.26. The summed E-state index contributed by atoms with van der Waals surface area (Å²) >= 11 is 0. The normalized spacial score (nSPS) is 12.1. The van der Waals surface area contributed by atoms with E-state index >= 15 is 0 Å². The van der Waals surface area contributed by atoms with E-state index in [1.54, 1.807) is 0 Å². The lowest BCUT2D eigenvalue weighted by atomic mass is 9.96. The first-order valence-corrected chi connectivity index (χ1v) is 7.51. The molecule has 0 saturated heterocycles. The molecule has 0 saturated carbocycles. The van der Waals surface area contributed by atoms with Gasteiger partial charge in [-0.3, -0.25) is 0 Å². The lowest BCUT2D eigenvalue weighted by molar-refractivity contribution is -0.590. The predicted octanol–water partition coefficient (Wildman–Crippen LogP) is 4.72. The number of hydrogen-bond donors (Lipinski definition) is 0. The van der Waals surface area contributed by atoms with Crippen molar-refractivity contribution in [2.45, 2.75) is 31.8 Å². The molecule has 0 N–H and O–H groups in total.